The van der Waals surface area contributed by atoms with E-state index in [-0.39, 0.29) is 0 Å². The molecule has 0 aliphatic carbocycles. The second kappa shape index (κ2) is 4.23. The van der Waals surface area contributed by atoms with Gasteiger partial charge >= 0.3 is 0 Å². The molecule has 0 saturated carbocycles. The van der Waals surface area contributed by atoms with E-state index in [2.05, 4.69) is 16.9 Å². The van der Waals surface area contributed by atoms with E-state index >= 15 is 0 Å². The van der Waals surface area contributed by atoms with Gasteiger partial charge in [0.15, 0.2) is 0 Å². The van der Waals surface area contributed by atoms with Crippen molar-refractivity contribution in [2.75, 3.05) is 25.4 Å². The monoisotopic (exact) mass is 208 g/mol. The fraction of sp³-hybridized carbons (Fsp3) is 0.727. The Balaban J connectivity index is 1.92. The van der Waals surface area contributed by atoms with Crippen molar-refractivity contribution in [1.82, 2.24) is 14.7 Å². The molecule has 1 saturated heterocycles. The standard InChI is InChI=1S/C11H20N4/c1-3-15-5-4-9(8-15)6-10-7-11(12)14(2)13-10/h7,9H,3-6,8,12H2,1-2H3. The summed E-state index contributed by atoms with van der Waals surface area (Å²) in [4.78, 5) is 2.50. The molecule has 4 nitrogen and oxygen atoms in total. The zero-order valence-electron chi connectivity index (χ0n) is 9.61. The molecule has 2 rings (SSSR count). The summed E-state index contributed by atoms with van der Waals surface area (Å²) in [6, 6.07) is 1.99. The molecule has 1 atom stereocenters. The molecule has 84 valence electrons. The van der Waals surface area contributed by atoms with Crippen LogP contribution in [0.15, 0.2) is 6.07 Å². The first kappa shape index (κ1) is 10.5. The Bertz CT molecular complexity index is 312. The summed E-state index contributed by atoms with van der Waals surface area (Å²) >= 11 is 0. The Morgan fingerprint density at radius 3 is 2.93 bits per heavy atom. The second-order valence-corrected chi connectivity index (χ2v) is 4.44. The summed E-state index contributed by atoms with van der Waals surface area (Å²) in [5.41, 5.74) is 6.90. The van der Waals surface area contributed by atoms with Crippen molar-refractivity contribution in [3.8, 4) is 0 Å². The van der Waals surface area contributed by atoms with E-state index in [4.69, 9.17) is 5.73 Å². The molecule has 0 amide bonds. The number of hydrogen-bond acceptors (Lipinski definition) is 3. The Hall–Kier alpha value is -1.03. The van der Waals surface area contributed by atoms with Crippen molar-refractivity contribution in [2.24, 2.45) is 13.0 Å². The van der Waals surface area contributed by atoms with Crippen LogP contribution in [-0.4, -0.2) is 34.3 Å². The van der Waals surface area contributed by atoms with Crippen LogP contribution < -0.4 is 5.73 Å². The third kappa shape index (κ3) is 2.31. The number of aromatic nitrogens is 2. The summed E-state index contributed by atoms with van der Waals surface area (Å²) in [6.07, 6.45) is 2.37. The predicted molar refractivity (Wildman–Crippen MR) is 61.5 cm³/mol. The molecule has 1 aliphatic heterocycles. The van der Waals surface area contributed by atoms with Gasteiger partial charge in [-0.1, -0.05) is 6.92 Å². The Labute approximate surface area is 91.1 Å². The SMILES string of the molecule is CCN1CCC(Cc2cc(N)n(C)n2)C1. The number of nitrogen functional groups attached to an aromatic ring is 1. The summed E-state index contributed by atoms with van der Waals surface area (Å²) in [5, 5.41) is 4.40. The smallest absolute Gasteiger partial charge is 0.121 e. The minimum Gasteiger partial charge on any atom is -0.384 e. The molecule has 0 aromatic carbocycles. The third-order valence-corrected chi connectivity index (χ3v) is 3.28. The van der Waals surface area contributed by atoms with Crippen LogP contribution in [0.5, 0.6) is 0 Å². The molecule has 1 unspecified atom stereocenters. The van der Waals surface area contributed by atoms with Gasteiger partial charge in [-0.15, -0.1) is 0 Å². The van der Waals surface area contributed by atoms with Gasteiger partial charge in [-0.3, -0.25) is 4.68 Å². The number of nitrogens with zero attached hydrogens (tertiary/aromatic N) is 3. The van der Waals surface area contributed by atoms with E-state index in [0.29, 0.717) is 0 Å². The molecule has 0 spiro atoms. The fourth-order valence-corrected chi connectivity index (χ4v) is 2.31. The summed E-state index contributed by atoms with van der Waals surface area (Å²) in [6.45, 7) is 5.85. The van der Waals surface area contributed by atoms with Gasteiger partial charge in [0.05, 0.1) is 5.69 Å². The average Bonchev–Trinajstić information content (AvgIpc) is 2.76. The molecule has 15 heavy (non-hydrogen) atoms. The molecule has 1 fully saturated rings. The van der Waals surface area contributed by atoms with E-state index in [1.54, 1.807) is 4.68 Å². The highest BCUT2D eigenvalue weighted by molar-refractivity contribution is 5.30. The molecular weight excluding hydrogens is 188 g/mol. The Morgan fingerprint density at radius 2 is 2.40 bits per heavy atom. The number of anilines is 1. The van der Waals surface area contributed by atoms with Crippen molar-refractivity contribution >= 4 is 5.82 Å². The van der Waals surface area contributed by atoms with Crippen LogP contribution in [0.4, 0.5) is 5.82 Å². The van der Waals surface area contributed by atoms with Crippen LogP contribution in [0, 0.1) is 5.92 Å². The van der Waals surface area contributed by atoms with Gasteiger partial charge in [0.2, 0.25) is 0 Å². The third-order valence-electron chi connectivity index (χ3n) is 3.28. The van der Waals surface area contributed by atoms with Crippen LogP contribution in [0.3, 0.4) is 0 Å². The van der Waals surface area contributed by atoms with Crippen molar-refractivity contribution < 1.29 is 0 Å². The molecule has 1 aromatic heterocycles. The first-order valence-corrected chi connectivity index (χ1v) is 5.69. The quantitative estimate of drug-likeness (QED) is 0.802. The molecule has 2 heterocycles. The van der Waals surface area contributed by atoms with E-state index in [1.165, 1.54) is 26.1 Å². The lowest BCUT2D eigenvalue weighted by Gasteiger charge is -2.11. The maximum atomic E-state index is 5.76. The first-order valence-electron chi connectivity index (χ1n) is 5.69. The van der Waals surface area contributed by atoms with E-state index < -0.39 is 0 Å². The number of hydrogen-bond donors (Lipinski definition) is 1. The van der Waals surface area contributed by atoms with Crippen LogP contribution in [-0.2, 0) is 13.5 Å². The second-order valence-electron chi connectivity index (χ2n) is 4.44. The van der Waals surface area contributed by atoms with Gasteiger partial charge in [-0.05, 0) is 31.8 Å². The highest BCUT2D eigenvalue weighted by Gasteiger charge is 2.22. The average molecular weight is 208 g/mol. The number of likely N-dealkylation sites (tertiary alicyclic amines) is 1. The van der Waals surface area contributed by atoms with Crippen molar-refractivity contribution in [2.45, 2.75) is 19.8 Å². The lowest BCUT2D eigenvalue weighted by Crippen LogP contribution is -2.20. The topological polar surface area (TPSA) is 47.1 Å². The molecule has 0 radical (unpaired) electrons. The largest absolute Gasteiger partial charge is 0.384 e. The van der Waals surface area contributed by atoms with E-state index in [1.807, 2.05) is 13.1 Å². The molecule has 2 N–H and O–H groups in total. The van der Waals surface area contributed by atoms with E-state index in [0.717, 1.165) is 23.9 Å². The molecule has 1 aliphatic rings. The summed E-state index contributed by atoms with van der Waals surface area (Å²) in [7, 11) is 1.89. The van der Waals surface area contributed by atoms with Gasteiger partial charge < -0.3 is 10.6 Å². The zero-order valence-corrected chi connectivity index (χ0v) is 9.61. The van der Waals surface area contributed by atoms with Gasteiger partial charge in [-0.25, -0.2) is 0 Å². The highest BCUT2D eigenvalue weighted by Crippen LogP contribution is 2.20. The Morgan fingerprint density at radius 1 is 1.60 bits per heavy atom. The van der Waals surface area contributed by atoms with Gasteiger partial charge in [0.25, 0.3) is 0 Å². The molecule has 0 bridgehead atoms. The lowest BCUT2D eigenvalue weighted by molar-refractivity contribution is 0.341. The highest BCUT2D eigenvalue weighted by atomic mass is 15.3. The fourth-order valence-electron chi connectivity index (χ4n) is 2.31. The zero-order chi connectivity index (χ0) is 10.8. The maximum absolute atomic E-state index is 5.76. The molecule has 4 heteroatoms. The normalized spacial score (nSPS) is 22.4. The minimum absolute atomic E-state index is 0.760. The Kier molecular flexibility index (Phi) is 2.95. The maximum Gasteiger partial charge on any atom is 0.121 e. The van der Waals surface area contributed by atoms with E-state index in [9.17, 15) is 0 Å². The summed E-state index contributed by atoms with van der Waals surface area (Å²) < 4.78 is 1.75. The first-order chi connectivity index (χ1) is 7.19. The van der Waals surface area contributed by atoms with Crippen LogP contribution >= 0.6 is 0 Å². The summed E-state index contributed by atoms with van der Waals surface area (Å²) in [5.74, 6) is 1.52. The van der Waals surface area contributed by atoms with Crippen LogP contribution in [0.2, 0.25) is 0 Å². The van der Waals surface area contributed by atoms with Crippen molar-refractivity contribution in [3.05, 3.63) is 11.8 Å². The van der Waals surface area contributed by atoms with Crippen LogP contribution in [0.1, 0.15) is 19.0 Å². The molecular formula is C11H20N4. The van der Waals surface area contributed by atoms with Crippen molar-refractivity contribution in [1.29, 1.82) is 0 Å². The molecule has 1 aromatic rings. The minimum atomic E-state index is 0.760. The number of aryl methyl sites for hydroxylation is 1. The number of nitrogens with two attached hydrogens (primary N) is 1. The van der Waals surface area contributed by atoms with Gasteiger partial charge in [0, 0.05) is 19.7 Å². The van der Waals surface area contributed by atoms with Gasteiger partial charge in [0.1, 0.15) is 5.82 Å². The predicted octanol–water partition coefficient (Wildman–Crippen LogP) is 0.887. The van der Waals surface area contributed by atoms with Crippen LogP contribution in [0.25, 0.3) is 0 Å². The van der Waals surface area contributed by atoms with Crippen molar-refractivity contribution in [3.63, 3.8) is 0 Å². The lowest BCUT2D eigenvalue weighted by atomic mass is 10.0. The number of rotatable bonds is 3. The van der Waals surface area contributed by atoms with Gasteiger partial charge in [-0.2, -0.15) is 5.10 Å².